The van der Waals surface area contributed by atoms with E-state index in [1.807, 2.05) is 50.2 Å². The van der Waals surface area contributed by atoms with Crippen LogP contribution in [-0.2, 0) is 26.2 Å². The van der Waals surface area contributed by atoms with Crippen molar-refractivity contribution in [2.75, 3.05) is 45.2 Å². The molecule has 2 amide bonds. The van der Waals surface area contributed by atoms with Gasteiger partial charge < -0.3 is 20.9 Å². The number of rotatable bonds is 7. The van der Waals surface area contributed by atoms with Gasteiger partial charge in [0, 0.05) is 46.0 Å². The van der Waals surface area contributed by atoms with Gasteiger partial charge in [0.1, 0.15) is 6.04 Å². The van der Waals surface area contributed by atoms with Crippen molar-refractivity contribution in [2.45, 2.75) is 24.4 Å². The second-order valence-electron chi connectivity index (χ2n) is 8.27. The molecule has 1 unspecified atom stereocenters. The lowest BCUT2D eigenvalue weighted by molar-refractivity contribution is -0.135. The fourth-order valence-electron chi connectivity index (χ4n) is 3.69. The van der Waals surface area contributed by atoms with E-state index in [-0.39, 0.29) is 43.5 Å². The monoisotopic (exact) mass is 473 g/mol. The summed E-state index contributed by atoms with van der Waals surface area (Å²) in [7, 11) is -0.0456. The molecule has 2 aromatic carbocycles. The molecule has 0 aliphatic carbocycles. The van der Waals surface area contributed by atoms with Crippen LogP contribution in [0.4, 0.5) is 5.69 Å². The molecule has 2 aromatic rings. The number of carbonyl (C=O) groups is 2. The number of hydrogen-bond acceptors (Lipinski definition) is 6. The SMILES string of the molecule is Cc1ccc(S(=O)(=O)N2CCN(C(=O)CN)CC2C(=O)NCc2ccc(N(C)C)cc2)cc1. The number of nitrogens with zero attached hydrogens (tertiary/aromatic N) is 3. The van der Waals surface area contributed by atoms with E-state index in [1.54, 1.807) is 12.1 Å². The third kappa shape index (κ3) is 5.70. The third-order valence-corrected chi connectivity index (χ3v) is 7.63. The highest BCUT2D eigenvalue weighted by atomic mass is 32.2. The Hall–Kier alpha value is -2.95. The smallest absolute Gasteiger partial charge is 0.243 e. The second-order valence-corrected chi connectivity index (χ2v) is 10.2. The number of aryl methyl sites for hydroxylation is 1. The number of anilines is 1. The molecule has 1 fully saturated rings. The third-order valence-electron chi connectivity index (χ3n) is 5.71. The quantitative estimate of drug-likeness (QED) is 0.606. The Morgan fingerprint density at radius 1 is 1.06 bits per heavy atom. The number of benzene rings is 2. The van der Waals surface area contributed by atoms with E-state index in [1.165, 1.54) is 21.3 Å². The van der Waals surface area contributed by atoms with Crippen molar-refractivity contribution in [3.05, 3.63) is 59.7 Å². The Balaban J connectivity index is 1.81. The van der Waals surface area contributed by atoms with Crippen LogP contribution in [0.3, 0.4) is 0 Å². The van der Waals surface area contributed by atoms with Crippen LogP contribution in [0.2, 0.25) is 0 Å². The van der Waals surface area contributed by atoms with Crippen LogP contribution in [-0.4, -0.2) is 75.8 Å². The van der Waals surface area contributed by atoms with Crippen LogP contribution in [0.25, 0.3) is 0 Å². The summed E-state index contributed by atoms with van der Waals surface area (Å²) in [4.78, 5) is 28.8. The predicted octanol–water partition coefficient (Wildman–Crippen LogP) is 0.538. The molecule has 178 valence electrons. The van der Waals surface area contributed by atoms with Gasteiger partial charge in [-0.3, -0.25) is 9.59 Å². The van der Waals surface area contributed by atoms with Gasteiger partial charge in [-0.15, -0.1) is 0 Å². The zero-order chi connectivity index (χ0) is 24.2. The van der Waals surface area contributed by atoms with Gasteiger partial charge in [-0.05, 0) is 36.8 Å². The standard InChI is InChI=1S/C23H31N5O4S/c1-17-4-10-20(11-5-17)33(31,32)28-13-12-27(22(29)14-24)16-21(28)23(30)25-15-18-6-8-19(9-7-18)26(2)3/h4-11,21H,12-16,24H2,1-3H3,(H,25,30). The summed E-state index contributed by atoms with van der Waals surface area (Å²) in [5.74, 6) is -0.781. The summed E-state index contributed by atoms with van der Waals surface area (Å²) in [5.41, 5.74) is 8.34. The number of piperazine rings is 1. The molecule has 1 aliphatic heterocycles. The largest absolute Gasteiger partial charge is 0.378 e. The molecule has 0 radical (unpaired) electrons. The fraction of sp³-hybridized carbons (Fsp3) is 0.391. The molecular formula is C23H31N5O4S. The van der Waals surface area contributed by atoms with E-state index in [9.17, 15) is 18.0 Å². The number of nitrogens with two attached hydrogens (primary N) is 1. The molecule has 9 nitrogen and oxygen atoms in total. The first-order chi connectivity index (χ1) is 15.6. The fourth-order valence-corrected chi connectivity index (χ4v) is 5.26. The molecule has 33 heavy (non-hydrogen) atoms. The molecular weight excluding hydrogens is 442 g/mol. The number of hydrogen-bond donors (Lipinski definition) is 2. The highest BCUT2D eigenvalue weighted by Crippen LogP contribution is 2.22. The molecule has 1 saturated heterocycles. The average Bonchev–Trinajstić information content (AvgIpc) is 2.82. The topological polar surface area (TPSA) is 116 Å². The van der Waals surface area contributed by atoms with Crippen molar-refractivity contribution >= 4 is 27.5 Å². The Bertz CT molecular complexity index is 1080. The molecule has 0 saturated carbocycles. The van der Waals surface area contributed by atoms with Gasteiger partial charge in [0.15, 0.2) is 0 Å². The zero-order valence-corrected chi connectivity index (χ0v) is 20.0. The molecule has 0 aromatic heterocycles. The van der Waals surface area contributed by atoms with E-state index in [0.717, 1.165) is 16.8 Å². The molecule has 1 atom stereocenters. The highest BCUT2D eigenvalue weighted by molar-refractivity contribution is 7.89. The van der Waals surface area contributed by atoms with Crippen molar-refractivity contribution in [2.24, 2.45) is 5.73 Å². The second kappa shape index (κ2) is 10.3. The first-order valence-electron chi connectivity index (χ1n) is 10.7. The number of sulfonamides is 1. The van der Waals surface area contributed by atoms with Gasteiger partial charge in [-0.25, -0.2) is 8.42 Å². The Labute approximate surface area is 195 Å². The maximum absolute atomic E-state index is 13.3. The molecule has 3 N–H and O–H groups in total. The van der Waals surface area contributed by atoms with Gasteiger partial charge in [0.2, 0.25) is 21.8 Å². The van der Waals surface area contributed by atoms with E-state index in [0.29, 0.717) is 0 Å². The lowest BCUT2D eigenvalue weighted by Gasteiger charge is -2.39. The summed E-state index contributed by atoms with van der Waals surface area (Å²) in [6.45, 7) is 2.06. The van der Waals surface area contributed by atoms with Crippen LogP contribution in [0, 0.1) is 6.92 Å². The minimum atomic E-state index is -3.93. The average molecular weight is 474 g/mol. The normalized spacial score (nSPS) is 17.0. The van der Waals surface area contributed by atoms with Gasteiger partial charge >= 0.3 is 0 Å². The van der Waals surface area contributed by atoms with E-state index in [2.05, 4.69) is 5.32 Å². The molecule has 1 aliphatic rings. The molecule has 3 rings (SSSR count). The Morgan fingerprint density at radius 3 is 2.27 bits per heavy atom. The molecule has 1 heterocycles. The summed E-state index contributed by atoms with van der Waals surface area (Å²) < 4.78 is 27.9. The van der Waals surface area contributed by atoms with Crippen LogP contribution in [0.1, 0.15) is 11.1 Å². The number of nitrogens with one attached hydrogen (secondary N) is 1. The van der Waals surface area contributed by atoms with Crippen LogP contribution >= 0.6 is 0 Å². The maximum Gasteiger partial charge on any atom is 0.243 e. The van der Waals surface area contributed by atoms with E-state index < -0.39 is 22.0 Å². The van der Waals surface area contributed by atoms with Crippen molar-refractivity contribution < 1.29 is 18.0 Å². The molecule has 10 heteroatoms. The lowest BCUT2D eigenvalue weighted by atomic mass is 10.1. The van der Waals surface area contributed by atoms with Gasteiger partial charge in [-0.2, -0.15) is 4.31 Å². The minimum Gasteiger partial charge on any atom is -0.378 e. The van der Waals surface area contributed by atoms with Crippen molar-refractivity contribution in [1.82, 2.24) is 14.5 Å². The first-order valence-corrected chi connectivity index (χ1v) is 12.2. The highest BCUT2D eigenvalue weighted by Gasteiger charge is 2.41. The van der Waals surface area contributed by atoms with E-state index >= 15 is 0 Å². The minimum absolute atomic E-state index is 0.0115. The molecule has 0 bridgehead atoms. The van der Waals surface area contributed by atoms with Crippen LogP contribution < -0.4 is 16.0 Å². The summed E-state index contributed by atoms with van der Waals surface area (Å²) in [6, 6.07) is 13.1. The number of carbonyl (C=O) groups excluding carboxylic acids is 2. The Morgan fingerprint density at radius 2 is 1.70 bits per heavy atom. The van der Waals surface area contributed by atoms with Crippen LogP contribution in [0.15, 0.2) is 53.4 Å². The van der Waals surface area contributed by atoms with Gasteiger partial charge in [-0.1, -0.05) is 29.8 Å². The predicted molar refractivity (Wildman–Crippen MR) is 127 cm³/mol. The maximum atomic E-state index is 13.3. The zero-order valence-electron chi connectivity index (χ0n) is 19.2. The summed E-state index contributed by atoms with van der Waals surface area (Å²) >= 11 is 0. The molecule has 0 spiro atoms. The lowest BCUT2D eigenvalue weighted by Crippen LogP contribution is -2.61. The van der Waals surface area contributed by atoms with Gasteiger partial charge in [0.05, 0.1) is 11.4 Å². The Kier molecular flexibility index (Phi) is 7.72. The van der Waals surface area contributed by atoms with Crippen LogP contribution in [0.5, 0.6) is 0 Å². The summed E-state index contributed by atoms with van der Waals surface area (Å²) in [5, 5.41) is 2.83. The van der Waals surface area contributed by atoms with Crippen molar-refractivity contribution in [3.63, 3.8) is 0 Å². The van der Waals surface area contributed by atoms with E-state index in [4.69, 9.17) is 5.73 Å². The first kappa shape index (κ1) is 24.7. The number of amides is 2. The van der Waals surface area contributed by atoms with Gasteiger partial charge in [0.25, 0.3) is 0 Å². The summed E-state index contributed by atoms with van der Waals surface area (Å²) in [6.07, 6.45) is 0. The van der Waals surface area contributed by atoms with Crippen molar-refractivity contribution in [1.29, 1.82) is 0 Å². The van der Waals surface area contributed by atoms with Crippen molar-refractivity contribution in [3.8, 4) is 0 Å².